The first-order chi connectivity index (χ1) is 10.0. The fourth-order valence-corrected chi connectivity index (χ4v) is 2.16. The van der Waals surface area contributed by atoms with Crippen LogP contribution in [0.1, 0.15) is 0 Å². The lowest BCUT2D eigenvalue weighted by atomic mass is 10.0. The fraction of sp³-hybridized carbons (Fsp3) is 0.0625. The molecule has 3 rings (SSSR count). The number of aryl methyl sites for hydroxylation is 1. The molecule has 0 spiro atoms. The van der Waals surface area contributed by atoms with Crippen molar-refractivity contribution in [1.29, 1.82) is 0 Å². The third-order valence-electron chi connectivity index (χ3n) is 3.34. The van der Waals surface area contributed by atoms with Gasteiger partial charge < -0.3 is 5.73 Å². The van der Waals surface area contributed by atoms with Crippen LogP contribution in [0.25, 0.3) is 22.4 Å². The van der Waals surface area contributed by atoms with Gasteiger partial charge in [0, 0.05) is 18.7 Å². The molecule has 1 aromatic heterocycles. The van der Waals surface area contributed by atoms with Gasteiger partial charge in [0.25, 0.3) is 0 Å². The molecule has 0 radical (unpaired) electrons. The lowest BCUT2D eigenvalue weighted by Gasteiger charge is -2.05. The lowest BCUT2D eigenvalue weighted by molar-refractivity contribution is 0.627. The summed E-state index contributed by atoms with van der Waals surface area (Å²) in [5, 5.41) is 4.18. The van der Waals surface area contributed by atoms with E-state index in [1.807, 2.05) is 0 Å². The first kappa shape index (κ1) is 13.3. The molecule has 5 heteroatoms. The summed E-state index contributed by atoms with van der Waals surface area (Å²) >= 11 is 0. The standard InChI is InChI=1S/C16H13F2N3/c1-21-16(19)9-15(20-21)13-8-11(4-7-14(13)18)10-2-5-12(17)6-3-10/h2-9H,19H2,1H3. The van der Waals surface area contributed by atoms with Crippen LogP contribution in [0, 0.1) is 11.6 Å². The van der Waals surface area contributed by atoms with Crippen molar-refractivity contribution in [2.45, 2.75) is 0 Å². The Kier molecular flexibility index (Phi) is 3.17. The molecule has 0 saturated carbocycles. The number of benzene rings is 2. The van der Waals surface area contributed by atoms with Gasteiger partial charge in [-0.25, -0.2) is 8.78 Å². The van der Waals surface area contributed by atoms with Gasteiger partial charge in [0.15, 0.2) is 0 Å². The number of anilines is 1. The molecule has 0 unspecified atom stereocenters. The summed E-state index contributed by atoms with van der Waals surface area (Å²) in [6.45, 7) is 0. The second-order valence-corrected chi connectivity index (χ2v) is 4.78. The summed E-state index contributed by atoms with van der Waals surface area (Å²) in [5.74, 6) is -0.228. The van der Waals surface area contributed by atoms with Crippen molar-refractivity contribution in [2.24, 2.45) is 7.05 Å². The Morgan fingerprint density at radius 2 is 1.62 bits per heavy atom. The van der Waals surface area contributed by atoms with E-state index < -0.39 is 0 Å². The maximum Gasteiger partial charge on any atom is 0.132 e. The number of nitrogens with two attached hydrogens (primary N) is 1. The van der Waals surface area contributed by atoms with E-state index in [2.05, 4.69) is 5.10 Å². The van der Waals surface area contributed by atoms with Crippen molar-refractivity contribution in [1.82, 2.24) is 9.78 Å². The van der Waals surface area contributed by atoms with Crippen LogP contribution < -0.4 is 5.73 Å². The van der Waals surface area contributed by atoms with Crippen LogP contribution in [-0.4, -0.2) is 9.78 Å². The zero-order chi connectivity index (χ0) is 15.0. The molecule has 0 bridgehead atoms. The molecule has 0 aliphatic heterocycles. The molecule has 3 aromatic rings. The molecular weight excluding hydrogens is 272 g/mol. The molecule has 2 aromatic carbocycles. The maximum atomic E-state index is 14.0. The van der Waals surface area contributed by atoms with Crippen molar-refractivity contribution in [3.63, 3.8) is 0 Å². The average Bonchev–Trinajstić information content (AvgIpc) is 2.80. The Morgan fingerprint density at radius 3 is 2.24 bits per heavy atom. The van der Waals surface area contributed by atoms with Crippen LogP contribution in [0.4, 0.5) is 14.6 Å². The maximum absolute atomic E-state index is 14.0. The van der Waals surface area contributed by atoms with E-state index in [1.165, 1.54) is 22.9 Å². The fourth-order valence-electron chi connectivity index (χ4n) is 2.16. The number of nitrogen functional groups attached to an aromatic ring is 1. The number of halogens is 2. The van der Waals surface area contributed by atoms with E-state index in [1.54, 1.807) is 37.4 Å². The topological polar surface area (TPSA) is 43.8 Å². The van der Waals surface area contributed by atoms with Gasteiger partial charge in [0.05, 0.1) is 5.69 Å². The molecule has 0 amide bonds. The second kappa shape index (κ2) is 5.01. The predicted molar refractivity (Wildman–Crippen MR) is 78.4 cm³/mol. The van der Waals surface area contributed by atoms with Crippen LogP contribution in [0.5, 0.6) is 0 Å². The number of rotatable bonds is 2. The van der Waals surface area contributed by atoms with Gasteiger partial charge in [-0.3, -0.25) is 4.68 Å². The van der Waals surface area contributed by atoms with E-state index >= 15 is 0 Å². The Balaban J connectivity index is 2.09. The predicted octanol–water partition coefficient (Wildman–Crippen LogP) is 3.61. The number of aromatic nitrogens is 2. The number of hydrogen-bond acceptors (Lipinski definition) is 2. The normalized spacial score (nSPS) is 10.8. The Labute approximate surface area is 120 Å². The van der Waals surface area contributed by atoms with Gasteiger partial charge in [-0.05, 0) is 35.4 Å². The zero-order valence-corrected chi connectivity index (χ0v) is 11.3. The Morgan fingerprint density at radius 1 is 0.952 bits per heavy atom. The minimum atomic E-state index is -0.376. The minimum Gasteiger partial charge on any atom is -0.384 e. The molecule has 1 heterocycles. The van der Waals surface area contributed by atoms with Gasteiger partial charge >= 0.3 is 0 Å². The van der Waals surface area contributed by atoms with Gasteiger partial charge in [0.2, 0.25) is 0 Å². The zero-order valence-electron chi connectivity index (χ0n) is 11.3. The lowest BCUT2D eigenvalue weighted by Crippen LogP contribution is -1.96. The molecule has 0 atom stereocenters. The van der Waals surface area contributed by atoms with Gasteiger partial charge in [-0.2, -0.15) is 5.10 Å². The summed E-state index contributed by atoms with van der Waals surface area (Å²) < 4.78 is 28.5. The first-order valence-corrected chi connectivity index (χ1v) is 6.40. The second-order valence-electron chi connectivity index (χ2n) is 4.78. The van der Waals surface area contributed by atoms with Crippen LogP contribution in [0.3, 0.4) is 0 Å². The average molecular weight is 285 g/mol. The summed E-state index contributed by atoms with van der Waals surface area (Å²) in [4.78, 5) is 0. The summed E-state index contributed by atoms with van der Waals surface area (Å²) in [5.41, 5.74) is 8.16. The molecule has 0 saturated heterocycles. The van der Waals surface area contributed by atoms with Crippen molar-refractivity contribution >= 4 is 5.82 Å². The van der Waals surface area contributed by atoms with Gasteiger partial charge in [-0.1, -0.05) is 18.2 Å². The van der Waals surface area contributed by atoms with Crippen LogP contribution in [0.2, 0.25) is 0 Å². The van der Waals surface area contributed by atoms with Crippen molar-refractivity contribution in [3.8, 4) is 22.4 Å². The van der Waals surface area contributed by atoms with Gasteiger partial charge in [0.1, 0.15) is 17.5 Å². The monoisotopic (exact) mass is 285 g/mol. The van der Waals surface area contributed by atoms with E-state index in [4.69, 9.17) is 5.73 Å². The van der Waals surface area contributed by atoms with E-state index in [0.29, 0.717) is 17.1 Å². The quantitative estimate of drug-likeness (QED) is 0.781. The largest absolute Gasteiger partial charge is 0.384 e. The highest BCUT2D eigenvalue weighted by Gasteiger charge is 2.11. The van der Waals surface area contributed by atoms with E-state index in [9.17, 15) is 8.78 Å². The van der Waals surface area contributed by atoms with Crippen molar-refractivity contribution in [3.05, 3.63) is 60.2 Å². The SMILES string of the molecule is Cn1nc(-c2cc(-c3ccc(F)cc3)ccc2F)cc1N. The van der Waals surface area contributed by atoms with Gasteiger partial charge in [-0.15, -0.1) is 0 Å². The molecular formula is C16H13F2N3. The highest BCUT2D eigenvalue weighted by molar-refractivity contribution is 5.72. The summed E-state index contributed by atoms with van der Waals surface area (Å²) in [7, 11) is 1.70. The third-order valence-corrected chi connectivity index (χ3v) is 3.34. The van der Waals surface area contributed by atoms with E-state index in [-0.39, 0.29) is 11.6 Å². The molecule has 0 aliphatic carbocycles. The minimum absolute atomic E-state index is 0.307. The summed E-state index contributed by atoms with van der Waals surface area (Å²) in [6.07, 6.45) is 0. The summed E-state index contributed by atoms with van der Waals surface area (Å²) in [6, 6.07) is 12.4. The van der Waals surface area contributed by atoms with Crippen LogP contribution >= 0.6 is 0 Å². The highest BCUT2D eigenvalue weighted by Crippen LogP contribution is 2.29. The Hall–Kier alpha value is -2.69. The molecule has 0 aliphatic rings. The third kappa shape index (κ3) is 2.50. The van der Waals surface area contributed by atoms with Crippen molar-refractivity contribution in [2.75, 3.05) is 5.73 Å². The number of nitrogens with zero attached hydrogens (tertiary/aromatic N) is 2. The molecule has 3 nitrogen and oxygen atoms in total. The number of hydrogen-bond donors (Lipinski definition) is 1. The highest BCUT2D eigenvalue weighted by atomic mass is 19.1. The van der Waals surface area contributed by atoms with Crippen molar-refractivity contribution < 1.29 is 8.78 Å². The molecule has 2 N–H and O–H groups in total. The molecule has 0 fully saturated rings. The first-order valence-electron chi connectivity index (χ1n) is 6.40. The van der Waals surface area contributed by atoms with Crippen LogP contribution in [0.15, 0.2) is 48.5 Å². The van der Waals surface area contributed by atoms with E-state index in [0.717, 1.165) is 11.1 Å². The smallest absolute Gasteiger partial charge is 0.132 e. The molecule has 21 heavy (non-hydrogen) atoms. The van der Waals surface area contributed by atoms with Crippen LogP contribution in [-0.2, 0) is 7.05 Å². The Bertz CT molecular complexity index is 772. The molecule has 106 valence electrons.